The molecule has 4 nitrogen and oxygen atoms in total. The summed E-state index contributed by atoms with van der Waals surface area (Å²) < 4.78 is 0. The van der Waals surface area contributed by atoms with Gasteiger partial charge < -0.3 is 5.32 Å². The Morgan fingerprint density at radius 2 is 2.04 bits per heavy atom. The molecule has 1 heterocycles. The van der Waals surface area contributed by atoms with Gasteiger partial charge in [0.1, 0.15) is 0 Å². The van der Waals surface area contributed by atoms with Crippen molar-refractivity contribution in [1.82, 2.24) is 0 Å². The number of non-ortho nitro benzene ring substituents is 1. The molecule has 5 heteroatoms. The number of nitro benzene ring substituents is 1. The van der Waals surface area contributed by atoms with Gasteiger partial charge in [0, 0.05) is 18.1 Å². The first-order valence-electron chi connectivity index (χ1n) is 8.58. The summed E-state index contributed by atoms with van der Waals surface area (Å²) in [6.07, 6.45) is 6.31. The molecule has 0 unspecified atom stereocenters. The lowest BCUT2D eigenvalue weighted by molar-refractivity contribution is -0.384. The predicted octanol–water partition coefficient (Wildman–Crippen LogP) is 5.64. The summed E-state index contributed by atoms with van der Waals surface area (Å²) in [5.74, 6) is 0.502. The fraction of sp³-hybridized carbons (Fsp3) is 0.300. The molecule has 0 aromatic heterocycles. The van der Waals surface area contributed by atoms with Crippen LogP contribution in [0.3, 0.4) is 0 Å². The summed E-state index contributed by atoms with van der Waals surface area (Å²) in [5.41, 5.74) is 4.35. The fourth-order valence-corrected chi connectivity index (χ4v) is 4.31. The topological polar surface area (TPSA) is 55.2 Å². The standard InChI is InChI=1S/C20H19ClN2O2/c1-2-12-6-8-13(9-7-12)19-16-5-3-4-15(16)17-10-14(23(24)25)11-18(21)20(17)22-19/h3-4,6-11,15-16,19,22H,2,5H2,1H3/t15-,16+,19+/m1/s1. The van der Waals surface area contributed by atoms with Crippen LogP contribution >= 0.6 is 11.6 Å². The summed E-state index contributed by atoms with van der Waals surface area (Å²) in [4.78, 5) is 10.8. The Kier molecular flexibility index (Phi) is 4.00. The van der Waals surface area contributed by atoms with Crippen LogP contribution in [0.25, 0.3) is 0 Å². The molecule has 2 aromatic carbocycles. The highest BCUT2D eigenvalue weighted by molar-refractivity contribution is 6.33. The summed E-state index contributed by atoms with van der Waals surface area (Å²) in [5, 5.41) is 15.2. The molecule has 1 aliphatic carbocycles. The van der Waals surface area contributed by atoms with Gasteiger partial charge in [0.25, 0.3) is 5.69 Å². The van der Waals surface area contributed by atoms with E-state index in [4.69, 9.17) is 11.6 Å². The molecule has 0 amide bonds. The number of allylic oxidation sites excluding steroid dienone is 2. The van der Waals surface area contributed by atoms with Crippen LogP contribution in [0.5, 0.6) is 0 Å². The van der Waals surface area contributed by atoms with E-state index in [1.807, 2.05) is 0 Å². The number of rotatable bonds is 3. The third-order valence-electron chi connectivity index (χ3n) is 5.36. The zero-order valence-electron chi connectivity index (χ0n) is 13.9. The number of nitrogens with zero attached hydrogens (tertiary/aromatic N) is 1. The van der Waals surface area contributed by atoms with Crippen molar-refractivity contribution in [3.05, 3.63) is 80.4 Å². The van der Waals surface area contributed by atoms with Crippen molar-refractivity contribution >= 4 is 23.0 Å². The van der Waals surface area contributed by atoms with E-state index in [-0.39, 0.29) is 22.6 Å². The first-order valence-corrected chi connectivity index (χ1v) is 8.96. The van der Waals surface area contributed by atoms with Gasteiger partial charge in [-0.1, -0.05) is 54.9 Å². The molecular weight excluding hydrogens is 336 g/mol. The van der Waals surface area contributed by atoms with Crippen molar-refractivity contribution in [2.24, 2.45) is 5.92 Å². The third kappa shape index (κ3) is 2.71. The molecule has 3 atom stereocenters. The lowest BCUT2D eigenvalue weighted by Crippen LogP contribution is -2.29. The van der Waals surface area contributed by atoms with E-state index in [2.05, 4.69) is 48.7 Å². The van der Waals surface area contributed by atoms with E-state index >= 15 is 0 Å². The second kappa shape index (κ2) is 6.19. The smallest absolute Gasteiger partial charge is 0.271 e. The maximum atomic E-state index is 11.2. The molecule has 0 bridgehead atoms. The molecule has 0 spiro atoms. The van der Waals surface area contributed by atoms with Crippen LogP contribution in [0.2, 0.25) is 5.02 Å². The minimum atomic E-state index is -0.380. The van der Waals surface area contributed by atoms with Crippen molar-refractivity contribution in [3.63, 3.8) is 0 Å². The summed E-state index contributed by atoms with van der Waals surface area (Å²) in [6.45, 7) is 2.15. The van der Waals surface area contributed by atoms with Crippen LogP contribution in [0.15, 0.2) is 48.6 Å². The second-order valence-electron chi connectivity index (χ2n) is 6.72. The molecule has 4 rings (SSSR count). The zero-order valence-corrected chi connectivity index (χ0v) is 14.7. The first kappa shape index (κ1) is 16.2. The molecule has 2 aromatic rings. The largest absolute Gasteiger partial charge is 0.376 e. The van der Waals surface area contributed by atoms with Gasteiger partial charge in [0.2, 0.25) is 0 Å². The first-order chi connectivity index (χ1) is 12.1. The maximum absolute atomic E-state index is 11.2. The van der Waals surface area contributed by atoms with Crippen molar-refractivity contribution in [2.45, 2.75) is 31.7 Å². The molecule has 1 aliphatic heterocycles. The molecule has 1 N–H and O–H groups in total. The van der Waals surface area contributed by atoms with Crippen LogP contribution in [0.1, 0.15) is 42.0 Å². The van der Waals surface area contributed by atoms with Crippen LogP contribution < -0.4 is 5.32 Å². The number of aryl methyl sites for hydroxylation is 1. The average Bonchev–Trinajstić information content (AvgIpc) is 3.11. The summed E-state index contributed by atoms with van der Waals surface area (Å²) >= 11 is 6.39. The van der Waals surface area contributed by atoms with Crippen molar-refractivity contribution in [3.8, 4) is 0 Å². The van der Waals surface area contributed by atoms with Gasteiger partial charge in [0.15, 0.2) is 0 Å². The molecule has 0 saturated heterocycles. The van der Waals surface area contributed by atoms with E-state index < -0.39 is 0 Å². The Bertz CT molecular complexity index is 861. The Hall–Kier alpha value is -2.33. The van der Waals surface area contributed by atoms with Gasteiger partial charge in [-0.15, -0.1) is 0 Å². The number of hydrogen-bond donors (Lipinski definition) is 1. The lowest BCUT2D eigenvalue weighted by atomic mass is 9.77. The third-order valence-corrected chi connectivity index (χ3v) is 5.66. The molecule has 2 aliphatic rings. The minimum Gasteiger partial charge on any atom is -0.376 e. The van der Waals surface area contributed by atoms with E-state index in [1.54, 1.807) is 6.07 Å². The second-order valence-corrected chi connectivity index (χ2v) is 7.13. The number of anilines is 1. The number of benzene rings is 2. The Morgan fingerprint density at radius 3 is 2.72 bits per heavy atom. The lowest BCUT2D eigenvalue weighted by Gasteiger charge is -2.37. The van der Waals surface area contributed by atoms with Gasteiger partial charge in [-0.25, -0.2) is 0 Å². The van der Waals surface area contributed by atoms with E-state index in [9.17, 15) is 10.1 Å². The van der Waals surface area contributed by atoms with Crippen LogP contribution in [0.4, 0.5) is 11.4 Å². The maximum Gasteiger partial charge on any atom is 0.271 e. The Balaban J connectivity index is 1.78. The van der Waals surface area contributed by atoms with Gasteiger partial charge in [-0.2, -0.15) is 0 Å². The highest BCUT2D eigenvalue weighted by Gasteiger charge is 2.39. The normalized spacial score (nSPS) is 23.7. The quantitative estimate of drug-likeness (QED) is 0.441. The van der Waals surface area contributed by atoms with E-state index in [0.29, 0.717) is 10.9 Å². The highest BCUT2D eigenvalue weighted by atomic mass is 35.5. The SMILES string of the molecule is CCc1ccc([C@@H]2Nc3c(Cl)cc([N+](=O)[O-])cc3[C@@H]3C=CC[C@@H]32)cc1. The number of nitrogens with one attached hydrogen (secondary N) is 1. The van der Waals surface area contributed by atoms with E-state index in [1.165, 1.54) is 17.2 Å². The minimum absolute atomic E-state index is 0.0512. The average molecular weight is 355 g/mol. The van der Waals surface area contributed by atoms with Crippen LogP contribution in [0, 0.1) is 16.0 Å². The molecule has 25 heavy (non-hydrogen) atoms. The molecular formula is C20H19ClN2O2. The number of halogens is 1. The fourth-order valence-electron chi connectivity index (χ4n) is 4.04. The van der Waals surface area contributed by atoms with Crippen LogP contribution in [-0.2, 0) is 6.42 Å². The number of nitro groups is 1. The molecule has 0 radical (unpaired) electrons. The van der Waals surface area contributed by atoms with Crippen molar-refractivity contribution in [2.75, 3.05) is 5.32 Å². The zero-order chi connectivity index (χ0) is 17.6. The van der Waals surface area contributed by atoms with Crippen LogP contribution in [-0.4, -0.2) is 4.92 Å². The summed E-state index contributed by atoms with van der Waals surface area (Å²) in [7, 11) is 0. The highest BCUT2D eigenvalue weighted by Crippen LogP contribution is 2.52. The monoisotopic (exact) mass is 354 g/mol. The van der Waals surface area contributed by atoms with Gasteiger partial charge in [-0.3, -0.25) is 10.1 Å². The van der Waals surface area contributed by atoms with E-state index in [0.717, 1.165) is 24.1 Å². The molecule has 0 fully saturated rings. The Morgan fingerprint density at radius 1 is 1.28 bits per heavy atom. The van der Waals surface area contributed by atoms with Gasteiger partial charge >= 0.3 is 0 Å². The van der Waals surface area contributed by atoms with Crippen molar-refractivity contribution < 1.29 is 4.92 Å². The van der Waals surface area contributed by atoms with Gasteiger partial charge in [-0.05, 0) is 35.4 Å². The Labute approximate surface area is 151 Å². The van der Waals surface area contributed by atoms with Crippen molar-refractivity contribution in [1.29, 1.82) is 0 Å². The number of fused-ring (bicyclic) bond motifs is 3. The predicted molar refractivity (Wildman–Crippen MR) is 100 cm³/mol. The molecule has 0 saturated carbocycles. The summed E-state index contributed by atoms with van der Waals surface area (Å²) in [6, 6.07) is 11.9. The van der Waals surface area contributed by atoms with Gasteiger partial charge in [0.05, 0.1) is 21.7 Å². The molecule has 128 valence electrons. The number of hydrogen-bond acceptors (Lipinski definition) is 3.